The molecule has 1 atom stereocenters. The molecule has 0 unspecified atom stereocenters. The van der Waals surface area contributed by atoms with E-state index < -0.39 is 6.10 Å². The maximum absolute atomic E-state index is 9.96. The van der Waals surface area contributed by atoms with E-state index in [9.17, 15) is 5.11 Å². The van der Waals surface area contributed by atoms with Gasteiger partial charge in [0.1, 0.15) is 6.10 Å². The van der Waals surface area contributed by atoms with Gasteiger partial charge in [0.2, 0.25) is 0 Å². The molecule has 2 rings (SSSR count). The third kappa shape index (κ3) is 1.78. The molecule has 2 nitrogen and oxygen atoms in total. The van der Waals surface area contributed by atoms with Crippen LogP contribution < -0.4 is 5.73 Å². The predicted octanol–water partition coefficient (Wildman–Crippen LogP) is 2.41. The van der Waals surface area contributed by atoms with Gasteiger partial charge in [-0.1, -0.05) is 18.2 Å². The van der Waals surface area contributed by atoms with Crippen LogP contribution in [0.2, 0.25) is 0 Å². The van der Waals surface area contributed by atoms with Crippen molar-refractivity contribution >= 4 is 17.0 Å². The first-order valence-corrected chi connectivity index (χ1v) is 5.22. The lowest BCUT2D eigenvalue weighted by atomic mass is 10.1. The van der Waals surface area contributed by atoms with E-state index in [0.29, 0.717) is 5.69 Å². The topological polar surface area (TPSA) is 46.2 Å². The van der Waals surface area contributed by atoms with Crippen molar-refractivity contribution in [1.29, 1.82) is 0 Å². The lowest BCUT2D eigenvalue weighted by Crippen LogP contribution is -1.97. The Morgan fingerprint density at radius 3 is 2.71 bits per heavy atom. The summed E-state index contributed by atoms with van der Waals surface area (Å²) in [6, 6.07) is 11.2. The smallest absolute Gasteiger partial charge is 0.113 e. The van der Waals surface area contributed by atoms with Crippen molar-refractivity contribution in [1.82, 2.24) is 0 Å². The largest absolute Gasteiger partial charge is 0.399 e. The summed E-state index contributed by atoms with van der Waals surface area (Å²) in [7, 11) is 0. The first kappa shape index (κ1) is 9.24. The van der Waals surface area contributed by atoms with Gasteiger partial charge in [0.05, 0.1) is 0 Å². The summed E-state index contributed by atoms with van der Waals surface area (Å²) in [5.74, 6) is 0. The van der Waals surface area contributed by atoms with Crippen molar-refractivity contribution in [2.24, 2.45) is 0 Å². The summed E-state index contributed by atoms with van der Waals surface area (Å²) in [6.07, 6.45) is -0.557. The fraction of sp³-hybridized carbons (Fsp3) is 0.0909. The van der Waals surface area contributed by atoms with Gasteiger partial charge in [-0.25, -0.2) is 0 Å². The third-order valence-corrected chi connectivity index (χ3v) is 2.96. The summed E-state index contributed by atoms with van der Waals surface area (Å²) in [5, 5.41) is 11.9. The van der Waals surface area contributed by atoms with E-state index in [1.807, 2.05) is 35.7 Å². The zero-order chi connectivity index (χ0) is 9.97. The van der Waals surface area contributed by atoms with Crippen LogP contribution >= 0.6 is 11.3 Å². The molecule has 1 aromatic carbocycles. The molecular formula is C11H11NOS. The van der Waals surface area contributed by atoms with Crippen LogP contribution in [0.5, 0.6) is 0 Å². The number of rotatable bonds is 2. The fourth-order valence-corrected chi connectivity index (χ4v) is 2.08. The Hall–Kier alpha value is -1.32. The first-order chi connectivity index (χ1) is 6.77. The highest BCUT2D eigenvalue weighted by Crippen LogP contribution is 2.26. The molecule has 0 radical (unpaired) electrons. The number of aliphatic hydroxyl groups is 1. The first-order valence-electron chi connectivity index (χ1n) is 4.34. The van der Waals surface area contributed by atoms with Gasteiger partial charge in [-0.3, -0.25) is 0 Å². The molecule has 3 N–H and O–H groups in total. The number of nitrogen functional groups attached to an aromatic ring is 1. The number of hydrogen-bond donors (Lipinski definition) is 2. The SMILES string of the molecule is Nc1cccc([C@@H](O)c2cccs2)c1. The molecule has 3 heteroatoms. The Morgan fingerprint density at radius 2 is 2.07 bits per heavy atom. The molecule has 0 aliphatic heterocycles. The lowest BCUT2D eigenvalue weighted by Gasteiger charge is -2.08. The van der Waals surface area contributed by atoms with Crippen molar-refractivity contribution in [3.63, 3.8) is 0 Å². The van der Waals surface area contributed by atoms with Gasteiger partial charge in [-0.15, -0.1) is 11.3 Å². The van der Waals surface area contributed by atoms with Crippen LogP contribution in [0.3, 0.4) is 0 Å². The predicted molar refractivity (Wildman–Crippen MR) is 59.2 cm³/mol. The summed E-state index contributed by atoms with van der Waals surface area (Å²) in [4.78, 5) is 0.940. The van der Waals surface area contributed by atoms with E-state index in [1.165, 1.54) is 0 Å². The molecule has 0 amide bonds. The Kier molecular flexibility index (Phi) is 2.52. The van der Waals surface area contributed by atoms with E-state index >= 15 is 0 Å². The average Bonchev–Trinajstić information content (AvgIpc) is 2.69. The van der Waals surface area contributed by atoms with Crippen LogP contribution in [0.25, 0.3) is 0 Å². The minimum absolute atomic E-state index is 0.557. The number of benzene rings is 1. The molecule has 2 aromatic rings. The highest BCUT2D eigenvalue weighted by molar-refractivity contribution is 7.10. The highest BCUT2D eigenvalue weighted by Gasteiger charge is 2.10. The Bertz CT molecular complexity index is 411. The maximum Gasteiger partial charge on any atom is 0.113 e. The van der Waals surface area contributed by atoms with E-state index in [0.717, 1.165) is 10.4 Å². The average molecular weight is 205 g/mol. The molecular weight excluding hydrogens is 194 g/mol. The Morgan fingerprint density at radius 1 is 1.21 bits per heavy atom. The van der Waals surface area contributed by atoms with Crippen molar-refractivity contribution in [3.05, 3.63) is 52.2 Å². The molecule has 0 spiro atoms. The summed E-state index contributed by atoms with van der Waals surface area (Å²) in [5.41, 5.74) is 7.16. The van der Waals surface area contributed by atoms with Crippen molar-refractivity contribution in [2.75, 3.05) is 5.73 Å². The molecule has 0 fully saturated rings. The van der Waals surface area contributed by atoms with E-state index in [1.54, 1.807) is 17.4 Å². The Balaban J connectivity index is 2.32. The zero-order valence-corrected chi connectivity index (χ0v) is 8.37. The van der Waals surface area contributed by atoms with Crippen molar-refractivity contribution < 1.29 is 5.11 Å². The Labute approximate surface area is 86.6 Å². The fourth-order valence-electron chi connectivity index (χ4n) is 1.34. The molecule has 72 valence electrons. The van der Waals surface area contributed by atoms with Gasteiger partial charge in [-0.05, 0) is 29.1 Å². The van der Waals surface area contributed by atoms with Gasteiger partial charge in [0.15, 0.2) is 0 Å². The molecule has 0 saturated carbocycles. The minimum atomic E-state index is -0.557. The highest BCUT2D eigenvalue weighted by atomic mass is 32.1. The van der Waals surface area contributed by atoms with Crippen LogP contribution in [0.15, 0.2) is 41.8 Å². The summed E-state index contributed by atoms with van der Waals surface area (Å²) in [6.45, 7) is 0. The normalized spacial score (nSPS) is 12.6. The second-order valence-electron chi connectivity index (χ2n) is 3.09. The maximum atomic E-state index is 9.96. The van der Waals surface area contributed by atoms with Gasteiger partial charge in [0.25, 0.3) is 0 Å². The van der Waals surface area contributed by atoms with Crippen LogP contribution in [0.4, 0.5) is 5.69 Å². The molecule has 0 aliphatic carbocycles. The standard InChI is InChI=1S/C11H11NOS/c12-9-4-1-3-8(7-9)11(13)10-5-2-6-14-10/h1-7,11,13H,12H2/t11-/m1/s1. The molecule has 1 aromatic heterocycles. The number of aliphatic hydroxyl groups excluding tert-OH is 1. The van der Waals surface area contributed by atoms with E-state index in [2.05, 4.69) is 0 Å². The van der Waals surface area contributed by atoms with Gasteiger partial charge in [0, 0.05) is 10.6 Å². The molecule has 0 aliphatic rings. The van der Waals surface area contributed by atoms with E-state index in [4.69, 9.17) is 5.73 Å². The molecule has 0 bridgehead atoms. The molecule has 14 heavy (non-hydrogen) atoms. The number of anilines is 1. The molecule has 1 heterocycles. The molecule has 0 saturated heterocycles. The quantitative estimate of drug-likeness (QED) is 0.739. The third-order valence-electron chi connectivity index (χ3n) is 2.04. The van der Waals surface area contributed by atoms with Crippen LogP contribution in [-0.2, 0) is 0 Å². The number of hydrogen-bond acceptors (Lipinski definition) is 3. The van der Waals surface area contributed by atoms with Gasteiger partial charge < -0.3 is 10.8 Å². The van der Waals surface area contributed by atoms with Crippen molar-refractivity contribution in [2.45, 2.75) is 6.10 Å². The second-order valence-corrected chi connectivity index (χ2v) is 4.07. The van der Waals surface area contributed by atoms with Crippen molar-refractivity contribution in [3.8, 4) is 0 Å². The monoisotopic (exact) mass is 205 g/mol. The second kappa shape index (κ2) is 3.82. The van der Waals surface area contributed by atoms with Gasteiger partial charge >= 0.3 is 0 Å². The van der Waals surface area contributed by atoms with Crippen LogP contribution in [-0.4, -0.2) is 5.11 Å². The number of nitrogens with two attached hydrogens (primary N) is 1. The van der Waals surface area contributed by atoms with E-state index in [-0.39, 0.29) is 0 Å². The van der Waals surface area contributed by atoms with Crippen LogP contribution in [0, 0.1) is 0 Å². The minimum Gasteiger partial charge on any atom is -0.399 e. The lowest BCUT2D eigenvalue weighted by molar-refractivity contribution is 0.224. The van der Waals surface area contributed by atoms with Crippen LogP contribution in [0.1, 0.15) is 16.5 Å². The zero-order valence-electron chi connectivity index (χ0n) is 7.55. The summed E-state index contributed by atoms with van der Waals surface area (Å²) < 4.78 is 0. The number of thiophene rings is 1. The van der Waals surface area contributed by atoms with Gasteiger partial charge in [-0.2, -0.15) is 0 Å². The summed E-state index contributed by atoms with van der Waals surface area (Å²) >= 11 is 1.54.